The first-order valence-corrected chi connectivity index (χ1v) is 3.17. The molecular weight excluding hydrogens is 283 g/mol. The number of hydrogen-bond donors (Lipinski definition) is 4. The van der Waals surface area contributed by atoms with Crippen LogP contribution in [0.4, 0.5) is 0 Å². The van der Waals surface area contributed by atoms with Crippen LogP contribution < -0.4 is 0 Å². The Kier molecular flexibility index (Phi) is 6.29. The van der Waals surface area contributed by atoms with E-state index in [9.17, 15) is 14.4 Å². The Morgan fingerprint density at radius 3 is 1.36 bits per heavy atom. The molecule has 0 aliphatic heterocycles. The topological polar surface area (TPSA) is 132 Å². The molecule has 0 saturated heterocycles. The van der Waals surface area contributed by atoms with Gasteiger partial charge in [-0.05, 0) is 0 Å². The summed E-state index contributed by atoms with van der Waals surface area (Å²) >= 11 is 0. The van der Waals surface area contributed by atoms with Gasteiger partial charge in [0.2, 0.25) is 0 Å². The number of carboxylic acids is 3. The summed E-state index contributed by atoms with van der Waals surface area (Å²) in [5, 5.41) is 33.8. The Balaban J connectivity index is 0. The first-order valence-electron chi connectivity index (χ1n) is 3.17. The zero-order valence-electron chi connectivity index (χ0n) is 6.81. The van der Waals surface area contributed by atoms with Gasteiger partial charge in [-0.3, -0.25) is 9.59 Å². The van der Waals surface area contributed by atoms with Gasteiger partial charge in [0.1, 0.15) is 0 Å². The zero-order valence-corrected chi connectivity index (χ0v) is 8.66. The molecule has 0 atom stereocenters. The monoisotopic (exact) mass is 291 g/mol. The van der Waals surface area contributed by atoms with E-state index in [1.165, 1.54) is 0 Å². The van der Waals surface area contributed by atoms with Crippen molar-refractivity contribution in [2.45, 2.75) is 18.4 Å². The second-order valence-corrected chi connectivity index (χ2v) is 2.48. The molecule has 0 saturated carbocycles. The average molecular weight is 291 g/mol. The van der Waals surface area contributed by atoms with Crippen molar-refractivity contribution >= 4 is 17.9 Å². The Morgan fingerprint density at radius 1 is 0.929 bits per heavy atom. The van der Waals surface area contributed by atoms with Crippen molar-refractivity contribution in [2.75, 3.05) is 0 Å². The van der Waals surface area contributed by atoms with Crippen LogP contribution in [-0.4, -0.2) is 43.9 Å². The molecule has 0 fully saturated rings. The minimum Gasteiger partial charge on any atom is -0.481 e. The van der Waals surface area contributed by atoms with Crippen LogP contribution in [0.15, 0.2) is 0 Å². The van der Waals surface area contributed by atoms with Crippen molar-refractivity contribution in [1.29, 1.82) is 0 Å². The maximum absolute atomic E-state index is 10.3. The maximum atomic E-state index is 10.3. The molecule has 0 rings (SSSR count). The van der Waals surface area contributed by atoms with Gasteiger partial charge in [-0.25, -0.2) is 4.79 Å². The van der Waals surface area contributed by atoms with Crippen LogP contribution in [0.5, 0.6) is 0 Å². The molecule has 8 heteroatoms. The standard InChI is InChI=1S/C6H8O7.Tc/c7-3(8)1-6(13,5(11)12)2-4(9)10;/h13H,1-2H2,(H,7,8)(H,9,10)(H,11,12);/i;1+1. The largest absolute Gasteiger partial charge is 0.481 e. The fourth-order valence-electron chi connectivity index (χ4n) is 0.714. The van der Waals surface area contributed by atoms with Gasteiger partial charge in [0, 0.05) is 20.1 Å². The molecule has 14 heavy (non-hydrogen) atoms. The third-order valence-electron chi connectivity index (χ3n) is 1.29. The van der Waals surface area contributed by atoms with Gasteiger partial charge in [-0.1, -0.05) is 0 Å². The number of carboxylic acid groups (broad SMARTS) is 3. The molecule has 0 heterocycles. The summed E-state index contributed by atoms with van der Waals surface area (Å²) in [6.07, 6.45) is -2.29. The molecule has 0 aliphatic carbocycles. The summed E-state index contributed by atoms with van der Waals surface area (Å²) in [6, 6.07) is 0. The average Bonchev–Trinajstić information content (AvgIpc) is 1.82. The van der Waals surface area contributed by atoms with E-state index in [1.54, 1.807) is 0 Å². The minimum absolute atomic E-state index is 0. The van der Waals surface area contributed by atoms with Gasteiger partial charge in [-0.15, -0.1) is 0 Å². The van der Waals surface area contributed by atoms with E-state index in [1.807, 2.05) is 0 Å². The molecule has 4 N–H and O–H groups in total. The summed E-state index contributed by atoms with van der Waals surface area (Å²) < 4.78 is 0. The van der Waals surface area contributed by atoms with Crippen LogP contribution in [-0.2, 0) is 34.5 Å². The smallest absolute Gasteiger partial charge is 0.336 e. The SMILES string of the molecule is O=C(O)CC(O)(CC(=O)O)C(=O)O.[99Tc]. The summed E-state index contributed by atoms with van der Waals surface area (Å²) in [6.45, 7) is 0. The van der Waals surface area contributed by atoms with E-state index in [0.29, 0.717) is 0 Å². The third kappa shape index (κ3) is 4.90. The summed E-state index contributed by atoms with van der Waals surface area (Å²) in [7, 11) is 0. The van der Waals surface area contributed by atoms with E-state index < -0.39 is 36.4 Å². The summed E-state index contributed by atoms with van der Waals surface area (Å²) in [5.41, 5.74) is -2.74. The second kappa shape index (κ2) is 5.69. The molecule has 0 aromatic heterocycles. The van der Waals surface area contributed by atoms with Gasteiger partial charge in [0.05, 0.1) is 12.8 Å². The number of hydrogen-bond acceptors (Lipinski definition) is 4. The molecule has 0 amide bonds. The van der Waals surface area contributed by atoms with Crippen molar-refractivity contribution in [3.63, 3.8) is 0 Å². The Hall–Kier alpha value is -0.981. The van der Waals surface area contributed by atoms with Crippen molar-refractivity contribution < 1.29 is 54.9 Å². The van der Waals surface area contributed by atoms with Crippen LogP contribution >= 0.6 is 0 Å². The number of aliphatic carboxylic acids is 3. The quantitative estimate of drug-likeness (QED) is 0.497. The molecular formula is C6H8O7Tc. The van der Waals surface area contributed by atoms with E-state index in [2.05, 4.69) is 0 Å². The van der Waals surface area contributed by atoms with Crippen molar-refractivity contribution in [2.24, 2.45) is 0 Å². The summed E-state index contributed by atoms with van der Waals surface area (Å²) in [4.78, 5) is 30.5. The maximum Gasteiger partial charge on any atom is 0.336 e. The van der Waals surface area contributed by atoms with Crippen molar-refractivity contribution in [3.8, 4) is 0 Å². The fraction of sp³-hybridized carbons (Fsp3) is 0.500. The predicted octanol–water partition coefficient (Wildman–Crippen LogP) is -1.25. The zero-order chi connectivity index (χ0) is 10.6. The first kappa shape index (κ1) is 15.5. The van der Waals surface area contributed by atoms with Gasteiger partial charge >= 0.3 is 17.9 Å². The third-order valence-corrected chi connectivity index (χ3v) is 1.29. The van der Waals surface area contributed by atoms with Crippen LogP contribution in [0.25, 0.3) is 0 Å². The number of aliphatic hydroxyl groups is 1. The molecule has 0 unspecified atom stereocenters. The molecule has 1 radical (unpaired) electrons. The van der Waals surface area contributed by atoms with Crippen molar-refractivity contribution in [3.05, 3.63) is 0 Å². The normalized spacial score (nSPS) is 10.1. The van der Waals surface area contributed by atoms with E-state index >= 15 is 0 Å². The van der Waals surface area contributed by atoms with E-state index in [-0.39, 0.29) is 20.1 Å². The fourth-order valence-corrected chi connectivity index (χ4v) is 0.714. The number of carbonyl (C=O) groups is 3. The number of rotatable bonds is 5. The van der Waals surface area contributed by atoms with Crippen LogP contribution in [0, 0.1) is 0 Å². The van der Waals surface area contributed by atoms with Gasteiger partial charge in [-0.2, -0.15) is 0 Å². The molecule has 0 aromatic carbocycles. The Morgan fingerprint density at radius 2 is 1.21 bits per heavy atom. The molecule has 0 spiro atoms. The second-order valence-electron chi connectivity index (χ2n) is 2.48. The Labute approximate surface area is 91.7 Å². The molecule has 0 bridgehead atoms. The molecule has 81 valence electrons. The Bertz CT molecular complexity index is 233. The van der Waals surface area contributed by atoms with Crippen LogP contribution in [0.3, 0.4) is 0 Å². The van der Waals surface area contributed by atoms with Gasteiger partial charge < -0.3 is 20.4 Å². The molecule has 0 aromatic rings. The van der Waals surface area contributed by atoms with E-state index in [0.717, 1.165) is 0 Å². The molecule has 7 nitrogen and oxygen atoms in total. The van der Waals surface area contributed by atoms with Crippen LogP contribution in [0.1, 0.15) is 12.8 Å². The van der Waals surface area contributed by atoms with Gasteiger partial charge in [0.15, 0.2) is 5.60 Å². The first-order chi connectivity index (χ1) is 5.78. The van der Waals surface area contributed by atoms with Crippen LogP contribution in [0.2, 0.25) is 0 Å². The summed E-state index contributed by atoms with van der Waals surface area (Å²) in [5.74, 6) is -5.02. The molecule has 0 aliphatic rings. The van der Waals surface area contributed by atoms with E-state index in [4.69, 9.17) is 20.4 Å². The van der Waals surface area contributed by atoms with Gasteiger partial charge in [0.25, 0.3) is 0 Å². The predicted molar refractivity (Wildman–Crippen MR) is 37.1 cm³/mol. The minimum atomic E-state index is -2.74. The van der Waals surface area contributed by atoms with Crippen molar-refractivity contribution in [1.82, 2.24) is 0 Å².